The van der Waals surface area contributed by atoms with Crippen molar-refractivity contribution >= 4 is 0 Å². The highest BCUT2D eigenvalue weighted by Crippen LogP contribution is 2.42. The second-order valence-electron chi connectivity index (χ2n) is 8.00. The molecule has 0 aliphatic rings. The fourth-order valence-electron chi connectivity index (χ4n) is 3.40. The maximum Gasteiger partial charge on any atom is 0.123 e. The van der Waals surface area contributed by atoms with Gasteiger partial charge in [-0.05, 0) is 51.0 Å². The number of hydrogen-bond acceptors (Lipinski definition) is 4. The highest BCUT2D eigenvalue weighted by Gasteiger charge is 2.30. The average molecular weight is 425 g/mol. The Hall–Kier alpha value is -2.88. The summed E-state index contributed by atoms with van der Waals surface area (Å²) in [7, 11) is 0. The molecule has 0 radical (unpaired) electrons. The van der Waals surface area contributed by atoms with E-state index in [-0.39, 0.29) is 5.41 Å². The molecular weight excluding hydrogens is 388 g/mol. The van der Waals surface area contributed by atoms with Crippen molar-refractivity contribution in [2.45, 2.75) is 47.0 Å². The van der Waals surface area contributed by atoms with Crippen molar-refractivity contribution in [1.82, 2.24) is 0 Å². The molecule has 4 nitrogen and oxygen atoms in total. The summed E-state index contributed by atoms with van der Waals surface area (Å²) < 4.78 is 23.1. The third-order valence-corrected chi connectivity index (χ3v) is 5.00. The Morgan fingerprint density at radius 3 is 1.48 bits per heavy atom. The van der Waals surface area contributed by atoms with Crippen molar-refractivity contribution < 1.29 is 18.9 Å². The zero-order valence-corrected chi connectivity index (χ0v) is 19.7. The van der Waals surface area contributed by atoms with E-state index in [0.717, 1.165) is 33.8 Å². The van der Waals surface area contributed by atoms with Crippen LogP contribution in [-0.2, 0) is 14.9 Å². The van der Waals surface area contributed by atoms with Gasteiger partial charge in [0.2, 0.25) is 0 Å². The van der Waals surface area contributed by atoms with Crippen molar-refractivity contribution in [2.75, 3.05) is 26.4 Å². The van der Waals surface area contributed by atoms with Gasteiger partial charge in [0, 0.05) is 16.5 Å². The first-order valence-corrected chi connectivity index (χ1v) is 10.8. The predicted octanol–water partition coefficient (Wildman–Crippen LogP) is 6.49. The summed E-state index contributed by atoms with van der Waals surface area (Å²) in [6.07, 6.45) is 7.09. The number of aryl methyl sites for hydroxylation is 2. The molecule has 0 unspecified atom stereocenters. The summed E-state index contributed by atoms with van der Waals surface area (Å²) in [5.41, 5.74) is 4.22. The summed E-state index contributed by atoms with van der Waals surface area (Å²) >= 11 is 0. The number of benzene rings is 2. The minimum absolute atomic E-state index is 0.319. The lowest BCUT2D eigenvalue weighted by Gasteiger charge is -2.30. The number of rotatable bonds is 12. The van der Waals surface area contributed by atoms with Crippen LogP contribution in [0.15, 0.2) is 61.1 Å². The highest BCUT2D eigenvalue weighted by molar-refractivity contribution is 5.52. The third kappa shape index (κ3) is 7.09. The van der Waals surface area contributed by atoms with E-state index in [1.54, 1.807) is 12.5 Å². The van der Waals surface area contributed by atoms with Crippen LogP contribution < -0.4 is 9.47 Å². The number of ether oxygens (including phenoxy) is 4. The smallest absolute Gasteiger partial charge is 0.123 e. The Labute approximate surface area is 187 Å². The summed E-state index contributed by atoms with van der Waals surface area (Å²) in [5.74, 6) is 1.74. The molecule has 0 saturated heterocycles. The lowest BCUT2D eigenvalue weighted by molar-refractivity contribution is 0.175. The van der Waals surface area contributed by atoms with Crippen LogP contribution >= 0.6 is 0 Å². The zero-order chi connectivity index (χ0) is 22.7. The lowest BCUT2D eigenvalue weighted by atomic mass is 9.76. The van der Waals surface area contributed by atoms with Gasteiger partial charge in [0.1, 0.15) is 37.9 Å². The van der Waals surface area contributed by atoms with Gasteiger partial charge in [-0.3, -0.25) is 0 Å². The van der Waals surface area contributed by atoms with E-state index in [0.29, 0.717) is 26.4 Å². The summed E-state index contributed by atoms with van der Waals surface area (Å²) in [6.45, 7) is 14.4. The molecule has 168 valence electrons. The Morgan fingerprint density at radius 1 is 0.677 bits per heavy atom. The van der Waals surface area contributed by atoms with Crippen molar-refractivity contribution in [1.29, 1.82) is 0 Å². The maximum absolute atomic E-state index is 6.13. The molecule has 0 spiro atoms. The molecule has 0 N–H and O–H groups in total. The molecule has 0 aliphatic heterocycles. The molecule has 0 saturated carbocycles. The van der Waals surface area contributed by atoms with Crippen LogP contribution in [0, 0.1) is 13.8 Å². The van der Waals surface area contributed by atoms with Crippen LogP contribution in [0.1, 0.15) is 49.9 Å². The van der Waals surface area contributed by atoms with Crippen LogP contribution in [0.2, 0.25) is 0 Å². The molecule has 0 aromatic heterocycles. The van der Waals surface area contributed by atoms with Gasteiger partial charge >= 0.3 is 0 Å². The molecule has 31 heavy (non-hydrogen) atoms. The molecule has 0 bridgehead atoms. The van der Waals surface area contributed by atoms with Crippen molar-refractivity contribution in [2.24, 2.45) is 0 Å². The second kappa shape index (κ2) is 12.1. The van der Waals surface area contributed by atoms with E-state index in [1.165, 1.54) is 0 Å². The zero-order valence-electron chi connectivity index (χ0n) is 19.7. The summed E-state index contributed by atoms with van der Waals surface area (Å²) in [4.78, 5) is 0. The lowest BCUT2D eigenvalue weighted by Crippen LogP contribution is -2.22. The average Bonchev–Trinajstić information content (AvgIpc) is 2.73. The van der Waals surface area contributed by atoms with Crippen LogP contribution in [-0.4, -0.2) is 26.4 Å². The standard InChI is InChI=1S/C27H36O4/c1-7-13-28-15-17-30-25-19-21(3)9-11-23(25)27(5,6)24-12-10-22(4)20-26(24)31-18-16-29-14-8-2/h7-14,19-20H,15-18H2,1-6H3. The van der Waals surface area contributed by atoms with E-state index >= 15 is 0 Å². The van der Waals surface area contributed by atoms with Gasteiger partial charge in [-0.25, -0.2) is 0 Å². The molecule has 4 heteroatoms. The van der Waals surface area contributed by atoms with E-state index in [2.05, 4.69) is 64.1 Å². The Balaban J connectivity index is 2.29. The minimum atomic E-state index is -0.319. The Kier molecular flexibility index (Phi) is 9.51. The van der Waals surface area contributed by atoms with Gasteiger partial charge in [0.15, 0.2) is 0 Å². The first kappa shape index (κ1) is 24.4. The Bertz CT molecular complexity index is 809. The second-order valence-corrected chi connectivity index (χ2v) is 8.00. The van der Waals surface area contributed by atoms with Gasteiger partial charge in [0.25, 0.3) is 0 Å². The number of hydrogen-bond donors (Lipinski definition) is 0. The summed E-state index contributed by atoms with van der Waals surface area (Å²) in [5, 5.41) is 0. The Morgan fingerprint density at radius 2 is 1.10 bits per heavy atom. The molecule has 2 rings (SSSR count). The molecule has 0 fully saturated rings. The maximum atomic E-state index is 6.13. The molecule has 2 aromatic rings. The number of allylic oxidation sites excluding steroid dienone is 2. The molecule has 2 aromatic carbocycles. The summed E-state index contributed by atoms with van der Waals surface area (Å²) in [6, 6.07) is 12.7. The monoisotopic (exact) mass is 424 g/mol. The first-order valence-electron chi connectivity index (χ1n) is 10.8. The van der Waals surface area contributed by atoms with Crippen molar-refractivity contribution in [3.63, 3.8) is 0 Å². The molecule has 0 heterocycles. The van der Waals surface area contributed by atoms with Crippen LogP contribution in [0.3, 0.4) is 0 Å². The molecule has 0 aliphatic carbocycles. The first-order chi connectivity index (χ1) is 14.9. The largest absolute Gasteiger partial charge is 0.498 e. The predicted molar refractivity (Wildman–Crippen MR) is 127 cm³/mol. The van der Waals surface area contributed by atoms with E-state index in [9.17, 15) is 0 Å². The fourth-order valence-corrected chi connectivity index (χ4v) is 3.40. The van der Waals surface area contributed by atoms with Gasteiger partial charge in [-0.1, -0.05) is 50.3 Å². The molecule has 0 amide bonds. The van der Waals surface area contributed by atoms with Gasteiger partial charge in [0.05, 0.1) is 12.5 Å². The highest BCUT2D eigenvalue weighted by atomic mass is 16.5. The van der Waals surface area contributed by atoms with Gasteiger partial charge in [-0.15, -0.1) is 0 Å². The van der Waals surface area contributed by atoms with E-state index in [4.69, 9.17) is 18.9 Å². The fraction of sp³-hybridized carbons (Fsp3) is 0.407. The van der Waals surface area contributed by atoms with Crippen molar-refractivity contribution in [3.8, 4) is 11.5 Å². The van der Waals surface area contributed by atoms with Crippen LogP contribution in [0.4, 0.5) is 0 Å². The molecular formula is C27H36O4. The van der Waals surface area contributed by atoms with Crippen LogP contribution in [0.5, 0.6) is 11.5 Å². The van der Waals surface area contributed by atoms with E-state index < -0.39 is 0 Å². The van der Waals surface area contributed by atoms with Crippen molar-refractivity contribution in [3.05, 3.63) is 83.3 Å². The third-order valence-electron chi connectivity index (χ3n) is 5.00. The molecule has 0 atom stereocenters. The van der Waals surface area contributed by atoms with Gasteiger partial charge in [-0.2, -0.15) is 0 Å². The topological polar surface area (TPSA) is 36.9 Å². The van der Waals surface area contributed by atoms with Crippen LogP contribution in [0.25, 0.3) is 0 Å². The normalized spacial score (nSPS) is 11.8. The van der Waals surface area contributed by atoms with Gasteiger partial charge < -0.3 is 18.9 Å². The SMILES string of the molecule is CC=COCCOc1cc(C)ccc1C(C)(C)c1ccc(C)cc1OCCOC=CC. The van der Waals surface area contributed by atoms with E-state index in [1.807, 2.05) is 26.0 Å². The quantitative estimate of drug-likeness (QED) is 0.288. The minimum Gasteiger partial charge on any atom is -0.498 e.